The molecule has 8 nitrogen and oxygen atoms in total. The largest absolute Gasteiger partial charge is 0.467 e. The first kappa shape index (κ1) is 11.6. The predicted molar refractivity (Wildman–Crippen MR) is 59.6 cm³/mol. The zero-order chi connectivity index (χ0) is 12.3. The van der Waals surface area contributed by atoms with Crippen LogP contribution in [0.1, 0.15) is 5.69 Å². The molecule has 0 saturated heterocycles. The first-order valence-electron chi connectivity index (χ1n) is 4.58. The molecule has 9 heteroatoms. The molecule has 2 heterocycles. The maximum atomic E-state index is 5.23. The van der Waals surface area contributed by atoms with Gasteiger partial charge < -0.3 is 9.15 Å². The van der Waals surface area contributed by atoms with E-state index in [2.05, 4.69) is 25.4 Å². The summed E-state index contributed by atoms with van der Waals surface area (Å²) in [7, 11) is 1.46. The summed E-state index contributed by atoms with van der Waals surface area (Å²) in [6.07, 6.45) is 1.54. The van der Waals surface area contributed by atoms with Crippen LogP contribution < -0.4 is 16.0 Å². The van der Waals surface area contributed by atoms with Crippen molar-refractivity contribution >= 4 is 17.7 Å². The summed E-state index contributed by atoms with van der Waals surface area (Å²) in [5.74, 6) is 5.44. The molecule has 3 N–H and O–H groups in total. The average molecular weight is 254 g/mol. The molecule has 2 aromatic heterocycles. The number of oxazole rings is 1. The van der Waals surface area contributed by atoms with E-state index >= 15 is 0 Å². The van der Waals surface area contributed by atoms with Crippen LogP contribution in [-0.2, 0) is 0 Å². The van der Waals surface area contributed by atoms with Crippen molar-refractivity contribution in [1.82, 2.24) is 19.9 Å². The molecule has 0 aromatic carbocycles. The van der Waals surface area contributed by atoms with Crippen molar-refractivity contribution in [3.63, 3.8) is 0 Å². The molecule has 0 saturated carbocycles. The molecule has 2 aromatic rings. The zero-order valence-corrected chi connectivity index (χ0v) is 9.98. The standard InChI is InChI=1S/C8H10N6O2S/c1-4-3-16-8(10-4)17-7-12-5(14-9)11-6(13-7)15-2/h3H,9H2,1-2H3,(H,11,12,13,14). The van der Waals surface area contributed by atoms with E-state index in [0.29, 0.717) is 10.4 Å². The number of hydrogen-bond donors (Lipinski definition) is 2. The Labute approximate surface area is 101 Å². The van der Waals surface area contributed by atoms with E-state index in [1.165, 1.54) is 7.11 Å². The predicted octanol–water partition coefficient (Wildman–Crippen LogP) is 0.613. The van der Waals surface area contributed by atoms with Gasteiger partial charge >= 0.3 is 6.01 Å². The van der Waals surface area contributed by atoms with E-state index in [4.69, 9.17) is 15.0 Å². The molecule has 0 atom stereocenters. The highest BCUT2D eigenvalue weighted by Crippen LogP contribution is 2.25. The van der Waals surface area contributed by atoms with Crippen LogP contribution in [0.25, 0.3) is 0 Å². The summed E-state index contributed by atoms with van der Waals surface area (Å²) in [4.78, 5) is 16.0. The normalized spacial score (nSPS) is 10.3. The first-order valence-corrected chi connectivity index (χ1v) is 5.39. The Kier molecular flexibility index (Phi) is 3.40. The lowest BCUT2D eigenvalue weighted by Crippen LogP contribution is -2.12. The zero-order valence-electron chi connectivity index (χ0n) is 9.17. The molecule has 0 fully saturated rings. The third kappa shape index (κ3) is 2.82. The number of rotatable bonds is 4. The Balaban J connectivity index is 2.25. The fourth-order valence-electron chi connectivity index (χ4n) is 0.997. The SMILES string of the molecule is COc1nc(NN)nc(Sc2nc(C)co2)n1. The summed E-state index contributed by atoms with van der Waals surface area (Å²) in [6, 6.07) is 0.165. The third-order valence-corrected chi connectivity index (χ3v) is 2.41. The second kappa shape index (κ2) is 4.97. The Morgan fingerprint density at radius 1 is 1.35 bits per heavy atom. The van der Waals surface area contributed by atoms with E-state index in [1.54, 1.807) is 6.26 Å². The molecule has 2 rings (SSSR count). The number of hydrogen-bond acceptors (Lipinski definition) is 9. The lowest BCUT2D eigenvalue weighted by atomic mass is 10.6. The van der Waals surface area contributed by atoms with E-state index in [-0.39, 0.29) is 12.0 Å². The summed E-state index contributed by atoms with van der Waals surface area (Å²) in [5.41, 5.74) is 3.11. The molecule has 0 aliphatic carbocycles. The molecule has 0 amide bonds. The van der Waals surface area contributed by atoms with Crippen LogP contribution in [0.2, 0.25) is 0 Å². The van der Waals surface area contributed by atoms with Crippen molar-refractivity contribution in [3.05, 3.63) is 12.0 Å². The molecule has 17 heavy (non-hydrogen) atoms. The Bertz CT molecular complexity index is 494. The van der Waals surface area contributed by atoms with Crippen molar-refractivity contribution in [1.29, 1.82) is 0 Å². The number of aromatic nitrogens is 4. The highest BCUT2D eigenvalue weighted by molar-refractivity contribution is 7.98. The minimum atomic E-state index is 0.165. The van der Waals surface area contributed by atoms with Gasteiger partial charge in [0.25, 0.3) is 5.22 Å². The lowest BCUT2D eigenvalue weighted by Gasteiger charge is -2.03. The topological polar surface area (TPSA) is 112 Å². The molecule has 0 aliphatic heterocycles. The first-order chi connectivity index (χ1) is 8.21. The van der Waals surface area contributed by atoms with Crippen LogP contribution in [-0.4, -0.2) is 27.0 Å². The van der Waals surface area contributed by atoms with Gasteiger partial charge in [0.2, 0.25) is 11.1 Å². The van der Waals surface area contributed by atoms with E-state index < -0.39 is 0 Å². The van der Waals surface area contributed by atoms with Crippen LogP contribution >= 0.6 is 11.8 Å². The minimum Gasteiger partial charge on any atom is -0.467 e. The molecule has 0 radical (unpaired) electrons. The van der Waals surface area contributed by atoms with Gasteiger partial charge in [-0.3, -0.25) is 5.43 Å². The molecule has 0 bridgehead atoms. The number of aryl methyl sites for hydroxylation is 1. The van der Waals surface area contributed by atoms with Crippen LogP contribution in [0.5, 0.6) is 6.01 Å². The van der Waals surface area contributed by atoms with Gasteiger partial charge in [-0.25, -0.2) is 10.8 Å². The minimum absolute atomic E-state index is 0.165. The van der Waals surface area contributed by atoms with E-state index in [0.717, 1.165) is 17.5 Å². The van der Waals surface area contributed by atoms with Crippen molar-refractivity contribution in [2.24, 2.45) is 5.84 Å². The van der Waals surface area contributed by atoms with E-state index in [9.17, 15) is 0 Å². The van der Waals surface area contributed by atoms with Gasteiger partial charge in [0, 0.05) is 11.8 Å². The highest BCUT2D eigenvalue weighted by atomic mass is 32.2. The van der Waals surface area contributed by atoms with Crippen molar-refractivity contribution in [3.8, 4) is 6.01 Å². The van der Waals surface area contributed by atoms with Gasteiger partial charge in [-0.15, -0.1) is 0 Å². The van der Waals surface area contributed by atoms with Crippen LogP contribution in [0.4, 0.5) is 5.95 Å². The Hall–Kier alpha value is -1.87. The smallest absolute Gasteiger partial charge is 0.322 e. The fraction of sp³-hybridized carbons (Fsp3) is 0.250. The summed E-state index contributed by atoms with van der Waals surface area (Å²) in [6.45, 7) is 1.83. The number of ether oxygens (including phenoxy) is 1. The van der Waals surface area contributed by atoms with Crippen LogP contribution in [0, 0.1) is 6.92 Å². The number of nitrogens with zero attached hydrogens (tertiary/aromatic N) is 4. The van der Waals surface area contributed by atoms with Crippen molar-refractivity contribution in [2.75, 3.05) is 12.5 Å². The second-order valence-corrected chi connectivity index (χ2v) is 3.85. The maximum Gasteiger partial charge on any atom is 0.322 e. The molecule has 0 spiro atoms. The Morgan fingerprint density at radius 2 is 2.18 bits per heavy atom. The second-order valence-electron chi connectivity index (χ2n) is 2.93. The maximum absolute atomic E-state index is 5.23. The van der Waals surface area contributed by atoms with Crippen LogP contribution in [0.3, 0.4) is 0 Å². The number of anilines is 1. The highest BCUT2D eigenvalue weighted by Gasteiger charge is 2.10. The number of nitrogens with two attached hydrogens (primary N) is 1. The summed E-state index contributed by atoms with van der Waals surface area (Å²) >= 11 is 1.15. The lowest BCUT2D eigenvalue weighted by molar-refractivity contribution is 0.373. The van der Waals surface area contributed by atoms with Gasteiger partial charge in [-0.2, -0.15) is 15.0 Å². The number of methoxy groups -OCH3 is 1. The molecular formula is C8H10N6O2S. The van der Waals surface area contributed by atoms with Crippen molar-refractivity contribution < 1.29 is 9.15 Å². The summed E-state index contributed by atoms with van der Waals surface area (Å²) < 4.78 is 10.1. The van der Waals surface area contributed by atoms with Crippen molar-refractivity contribution in [2.45, 2.75) is 17.3 Å². The average Bonchev–Trinajstić information content (AvgIpc) is 2.74. The third-order valence-electron chi connectivity index (χ3n) is 1.68. The van der Waals surface area contributed by atoms with Gasteiger partial charge in [-0.05, 0) is 6.92 Å². The molecule has 0 unspecified atom stereocenters. The van der Waals surface area contributed by atoms with Gasteiger partial charge in [0.1, 0.15) is 6.26 Å². The van der Waals surface area contributed by atoms with Gasteiger partial charge in [0.05, 0.1) is 12.8 Å². The van der Waals surface area contributed by atoms with Crippen LogP contribution in [0.15, 0.2) is 21.1 Å². The molecule has 0 aliphatic rings. The van der Waals surface area contributed by atoms with E-state index in [1.807, 2.05) is 6.92 Å². The number of nitrogens with one attached hydrogen (secondary N) is 1. The monoisotopic (exact) mass is 254 g/mol. The quantitative estimate of drug-likeness (QED) is 0.598. The molecule has 90 valence electrons. The fourth-order valence-corrected chi connectivity index (χ4v) is 1.69. The molecular weight excluding hydrogens is 244 g/mol. The number of hydrazine groups is 1. The van der Waals surface area contributed by atoms with Gasteiger partial charge in [-0.1, -0.05) is 0 Å². The summed E-state index contributed by atoms with van der Waals surface area (Å²) in [5, 5.41) is 0.824. The number of nitrogen functional groups attached to an aromatic ring is 1. The van der Waals surface area contributed by atoms with Gasteiger partial charge in [0.15, 0.2) is 0 Å². The Morgan fingerprint density at radius 3 is 2.76 bits per heavy atom.